The first-order valence-electron chi connectivity index (χ1n) is 7.32. The summed E-state index contributed by atoms with van der Waals surface area (Å²) in [5.41, 5.74) is 0.943. The summed E-state index contributed by atoms with van der Waals surface area (Å²) in [7, 11) is -2.00. The lowest BCUT2D eigenvalue weighted by molar-refractivity contribution is 0.204. The first-order valence-corrected chi connectivity index (χ1v) is 8.80. The Bertz CT molecular complexity index is 791. The molecule has 24 heavy (non-hydrogen) atoms. The molecule has 1 heterocycles. The number of methoxy groups -OCH3 is 1. The Morgan fingerprint density at radius 2 is 1.92 bits per heavy atom. The van der Waals surface area contributed by atoms with Crippen molar-refractivity contribution >= 4 is 10.0 Å². The predicted octanol–water partition coefficient (Wildman–Crippen LogP) is 1.37. The first-order chi connectivity index (χ1) is 11.5. The van der Waals surface area contributed by atoms with Gasteiger partial charge in [-0.3, -0.25) is 0 Å². The predicted molar refractivity (Wildman–Crippen MR) is 87.5 cm³/mol. The van der Waals surface area contributed by atoms with E-state index in [0.717, 1.165) is 5.56 Å². The third kappa shape index (κ3) is 5.18. The zero-order chi connectivity index (χ0) is 17.4. The van der Waals surface area contributed by atoms with Crippen LogP contribution in [0.2, 0.25) is 0 Å². The normalized spacial score (nSPS) is 11.3. The molecule has 7 nitrogen and oxygen atoms in total. The number of rotatable bonds is 9. The zero-order valence-corrected chi connectivity index (χ0v) is 14.1. The van der Waals surface area contributed by atoms with Gasteiger partial charge in [0.1, 0.15) is 11.8 Å². The van der Waals surface area contributed by atoms with Crippen LogP contribution in [0, 0.1) is 11.3 Å². The topological polar surface area (TPSA) is 104 Å². The summed E-state index contributed by atoms with van der Waals surface area (Å²) in [6.45, 7) is 1.60. The summed E-state index contributed by atoms with van der Waals surface area (Å²) in [5.74, 6) is 0.954. The van der Waals surface area contributed by atoms with Crippen molar-refractivity contribution in [1.29, 1.82) is 5.26 Å². The summed E-state index contributed by atoms with van der Waals surface area (Å²) in [6, 6.07) is 11.9. The van der Waals surface area contributed by atoms with Crippen molar-refractivity contribution in [3.05, 3.63) is 53.5 Å². The maximum absolute atomic E-state index is 12.0. The van der Waals surface area contributed by atoms with Crippen molar-refractivity contribution in [2.45, 2.75) is 18.0 Å². The molecular weight excluding hydrogens is 330 g/mol. The number of hydrogen-bond acceptors (Lipinski definition) is 6. The molecule has 0 spiro atoms. The summed E-state index contributed by atoms with van der Waals surface area (Å²) in [5, 5.41) is 11.9. The number of benzene rings is 1. The van der Waals surface area contributed by atoms with Crippen LogP contribution in [0.25, 0.3) is 0 Å². The molecule has 2 rings (SSSR count). The van der Waals surface area contributed by atoms with Crippen molar-refractivity contribution in [2.75, 3.05) is 20.3 Å². The smallest absolute Gasteiger partial charge is 0.240 e. The van der Waals surface area contributed by atoms with Crippen LogP contribution in [-0.2, 0) is 27.8 Å². The lowest BCUT2D eigenvalue weighted by Crippen LogP contribution is -2.27. The van der Waals surface area contributed by atoms with Gasteiger partial charge in [-0.05, 0) is 29.8 Å². The Morgan fingerprint density at radius 3 is 2.54 bits per heavy atom. The SMILES string of the molecule is COCCNS(=O)(=O)c1ccc(CNCc2ccc(C#N)o2)cc1. The van der Waals surface area contributed by atoms with Crippen LogP contribution in [0.4, 0.5) is 0 Å². The van der Waals surface area contributed by atoms with Gasteiger partial charge >= 0.3 is 0 Å². The van der Waals surface area contributed by atoms with E-state index in [1.54, 1.807) is 36.4 Å². The molecule has 0 saturated carbocycles. The molecule has 1 aromatic heterocycles. The lowest BCUT2D eigenvalue weighted by Gasteiger charge is -2.08. The number of ether oxygens (including phenoxy) is 1. The second-order valence-electron chi connectivity index (χ2n) is 5.02. The van der Waals surface area contributed by atoms with E-state index < -0.39 is 10.0 Å². The third-order valence-electron chi connectivity index (χ3n) is 3.23. The maximum Gasteiger partial charge on any atom is 0.240 e. The van der Waals surface area contributed by atoms with E-state index in [-0.39, 0.29) is 17.2 Å². The average Bonchev–Trinajstić information content (AvgIpc) is 3.03. The Balaban J connectivity index is 1.86. The van der Waals surface area contributed by atoms with Gasteiger partial charge in [0.05, 0.1) is 18.0 Å². The molecule has 0 aliphatic rings. The minimum Gasteiger partial charge on any atom is -0.449 e. The molecule has 0 aliphatic carbocycles. The molecule has 0 bridgehead atoms. The molecule has 1 aromatic carbocycles. The van der Waals surface area contributed by atoms with Crippen LogP contribution in [0.15, 0.2) is 45.7 Å². The molecule has 128 valence electrons. The molecule has 0 saturated heterocycles. The van der Waals surface area contributed by atoms with Gasteiger partial charge in [0, 0.05) is 20.2 Å². The highest BCUT2D eigenvalue weighted by atomic mass is 32.2. The van der Waals surface area contributed by atoms with Crippen molar-refractivity contribution < 1.29 is 17.6 Å². The summed E-state index contributed by atoms with van der Waals surface area (Å²) < 4.78 is 36.6. The highest BCUT2D eigenvalue weighted by Crippen LogP contribution is 2.11. The Labute approximate surface area is 141 Å². The van der Waals surface area contributed by atoms with Gasteiger partial charge in [0.25, 0.3) is 0 Å². The molecule has 2 aromatic rings. The monoisotopic (exact) mass is 349 g/mol. The third-order valence-corrected chi connectivity index (χ3v) is 4.71. The summed E-state index contributed by atoms with van der Waals surface area (Å²) >= 11 is 0. The van der Waals surface area contributed by atoms with Crippen LogP contribution in [0.1, 0.15) is 17.1 Å². The summed E-state index contributed by atoms with van der Waals surface area (Å²) in [4.78, 5) is 0.215. The van der Waals surface area contributed by atoms with E-state index in [1.807, 2.05) is 6.07 Å². The highest BCUT2D eigenvalue weighted by Gasteiger charge is 2.12. The van der Waals surface area contributed by atoms with Crippen molar-refractivity contribution in [1.82, 2.24) is 10.0 Å². The summed E-state index contributed by atoms with van der Waals surface area (Å²) in [6.07, 6.45) is 0. The fourth-order valence-corrected chi connectivity index (χ4v) is 3.02. The molecule has 0 unspecified atom stereocenters. The quantitative estimate of drug-likeness (QED) is 0.663. The minimum atomic E-state index is -3.51. The van der Waals surface area contributed by atoms with Gasteiger partial charge in [-0.15, -0.1) is 0 Å². The van der Waals surface area contributed by atoms with E-state index in [1.165, 1.54) is 7.11 Å². The van der Waals surface area contributed by atoms with Crippen LogP contribution in [0.3, 0.4) is 0 Å². The first kappa shape index (κ1) is 18.2. The number of hydrogen-bond donors (Lipinski definition) is 2. The molecule has 0 amide bonds. The van der Waals surface area contributed by atoms with Crippen LogP contribution < -0.4 is 10.0 Å². The lowest BCUT2D eigenvalue weighted by atomic mass is 10.2. The van der Waals surface area contributed by atoms with Gasteiger partial charge in [0.2, 0.25) is 15.8 Å². The van der Waals surface area contributed by atoms with E-state index in [9.17, 15) is 8.42 Å². The molecule has 0 fully saturated rings. The second-order valence-corrected chi connectivity index (χ2v) is 6.78. The Morgan fingerprint density at radius 1 is 1.17 bits per heavy atom. The molecule has 2 N–H and O–H groups in total. The fraction of sp³-hybridized carbons (Fsp3) is 0.312. The number of nitrogens with zero attached hydrogens (tertiary/aromatic N) is 1. The molecule has 0 atom stereocenters. The average molecular weight is 349 g/mol. The van der Waals surface area contributed by atoms with Crippen molar-refractivity contribution in [3.8, 4) is 6.07 Å². The van der Waals surface area contributed by atoms with E-state index in [4.69, 9.17) is 14.4 Å². The van der Waals surface area contributed by atoms with Gasteiger partial charge in [0.15, 0.2) is 0 Å². The van der Waals surface area contributed by atoms with E-state index in [0.29, 0.717) is 25.5 Å². The molecule has 8 heteroatoms. The largest absolute Gasteiger partial charge is 0.449 e. The number of nitrogens with one attached hydrogen (secondary N) is 2. The molecule has 0 aliphatic heterocycles. The van der Waals surface area contributed by atoms with Gasteiger partial charge < -0.3 is 14.5 Å². The molecule has 0 radical (unpaired) electrons. The van der Waals surface area contributed by atoms with E-state index >= 15 is 0 Å². The Hall–Kier alpha value is -2.18. The standard InChI is InChI=1S/C16H19N3O4S/c1-22-9-8-19-24(20,21)16-6-2-13(3-7-16)11-18-12-15-5-4-14(10-17)23-15/h2-7,18-19H,8-9,11-12H2,1H3. The van der Waals surface area contributed by atoms with Crippen LogP contribution in [-0.4, -0.2) is 28.7 Å². The maximum atomic E-state index is 12.0. The van der Waals surface area contributed by atoms with Crippen molar-refractivity contribution in [3.63, 3.8) is 0 Å². The molecular formula is C16H19N3O4S. The second kappa shape index (κ2) is 8.61. The number of sulfonamides is 1. The van der Waals surface area contributed by atoms with Crippen molar-refractivity contribution in [2.24, 2.45) is 0 Å². The van der Waals surface area contributed by atoms with E-state index in [2.05, 4.69) is 10.0 Å². The minimum absolute atomic E-state index is 0.215. The van der Waals surface area contributed by atoms with Crippen LogP contribution >= 0.6 is 0 Å². The number of nitriles is 1. The van der Waals surface area contributed by atoms with Crippen LogP contribution in [0.5, 0.6) is 0 Å². The zero-order valence-electron chi connectivity index (χ0n) is 13.3. The van der Waals surface area contributed by atoms with Gasteiger partial charge in [-0.2, -0.15) is 5.26 Å². The van der Waals surface area contributed by atoms with Gasteiger partial charge in [-0.1, -0.05) is 12.1 Å². The van der Waals surface area contributed by atoms with Gasteiger partial charge in [-0.25, -0.2) is 13.1 Å². The highest BCUT2D eigenvalue weighted by molar-refractivity contribution is 7.89. The Kier molecular flexibility index (Phi) is 6.52. The number of furan rings is 1. The fourth-order valence-electron chi connectivity index (χ4n) is 2.01.